The third-order valence-electron chi connectivity index (χ3n) is 5.99. The highest BCUT2D eigenvalue weighted by Crippen LogP contribution is 2.51. The van der Waals surface area contributed by atoms with Gasteiger partial charge in [0.2, 0.25) is 5.91 Å². The molecule has 1 saturated carbocycles. The highest BCUT2D eigenvalue weighted by molar-refractivity contribution is 7.90. The fourth-order valence-corrected chi connectivity index (χ4v) is 5.43. The Balaban J connectivity index is 0.00000261. The summed E-state index contributed by atoms with van der Waals surface area (Å²) in [4.78, 5) is 13.9. The zero-order valence-corrected chi connectivity index (χ0v) is 17.5. The standard InChI is InChI=1S/C19H28N2O4S.ClH/c1-25-19(15-6-3-5-14(11-15)18(20)22)16-7-4-8-17(19)13-21(12-16)9-10-26(2,23)24;/h3,5-6,11,16-17H,4,7-10,12-13H2,1-2H3,(H2,20,22);1H/t16-,17+,19?;. The first-order chi connectivity index (χ1) is 12.3. The number of primary amides is 1. The largest absolute Gasteiger partial charge is 0.373 e. The normalized spacial score (nSPS) is 28.4. The summed E-state index contributed by atoms with van der Waals surface area (Å²) in [6.07, 6.45) is 4.49. The lowest BCUT2D eigenvalue weighted by Crippen LogP contribution is -2.59. The van der Waals surface area contributed by atoms with Crippen LogP contribution in [0.2, 0.25) is 0 Å². The van der Waals surface area contributed by atoms with E-state index in [2.05, 4.69) is 4.90 Å². The summed E-state index contributed by atoms with van der Waals surface area (Å²) in [6, 6.07) is 7.48. The molecular weight excluding hydrogens is 388 g/mol. The molecule has 2 fully saturated rings. The summed E-state index contributed by atoms with van der Waals surface area (Å²) in [5, 5.41) is 0. The smallest absolute Gasteiger partial charge is 0.248 e. The fourth-order valence-electron chi connectivity index (χ4n) is 4.84. The van der Waals surface area contributed by atoms with Crippen molar-refractivity contribution in [2.75, 3.05) is 38.8 Å². The summed E-state index contributed by atoms with van der Waals surface area (Å²) in [5.41, 5.74) is 6.54. The van der Waals surface area contributed by atoms with Crippen molar-refractivity contribution in [3.05, 3.63) is 35.4 Å². The predicted molar refractivity (Wildman–Crippen MR) is 108 cm³/mol. The van der Waals surface area contributed by atoms with Crippen LogP contribution >= 0.6 is 12.4 Å². The van der Waals surface area contributed by atoms with Crippen LogP contribution in [0.5, 0.6) is 0 Å². The Morgan fingerprint density at radius 1 is 1.30 bits per heavy atom. The van der Waals surface area contributed by atoms with Gasteiger partial charge in [-0.1, -0.05) is 18.6 Å². The van der Waals surface area contributed by atoms with Crippen LogP contribution in [0, 0.1) is 11.8 Å². The molecular formula is C19H29ClN2O4S. The van der Waals surface area contributed by atoms with Gasteiger partial charge < -0.3 is 15.4 Å². The van der Waals surface area contributed by atoms with Crippen molar-refractivity contribution >= 4 is 28.2 Å². The monoisotopic (exact) mass is 416 g/mol. The molecule has 3 atom stereocenters. The van der Waals surface area contributed by atoms with Crippen molar-refractivity contribution < 1.29 is 17.9 Å². The number of nitrogens with zero attached hydrogens (tertiary/aromatic N) is 1. The number of sulfone groups is 1. The van der Waals surface area contributed by atoms with Crippen LogP contribution in [0.3, 0.4) is 0 Å². The first-order valence-corrected chi connectivity index (χ1v) is 11.2. The first-order valence-electron chi connectivity index (χ1n) is 9.12. The minimum absolute atomic E-state index is 0. The highest BCUT2D eigenvalue weighted by Gasteiger charge is 2.53. The van der Waals surface area contributed by atoms with Crippen molar-refractivity contribution in [2.45, 2.75) is 24.9 Å². The van der Waals surface area contributed by atoms with E-state index < -0.39 is 21.3 Å². The average Bonchev–Trinajstić information content (AvgIpc) is 2.58. The Morgan fingerprint density at radius 2 is 1.93 bits per heavy atom. The van der Waals surface area contributed by atoms with E-state index >= 15 is 0 Å². The number of likely N-dealkylation sites (tertiary alicyclic amines) is 1. The third kappa shape index (κ3) is 4.47. The number of carbonyl (C=O) groups is 1. The molecule has 0 radical (unpaired) electrons. The number of carbonyl (C=O) groups excluding carboxylic acids is 1. The quantitative estimate of drug-likeness (QED) is 0.764. The number of hydrogen-bond acceptors (Lipinski definition) is 5. The summed E-state index contributed by atoms with van der Waals surface area (Å²) in [7, 11) is -1.23. The number of ether oxygens (including phenoxy) is 1. The molecule has 1 aliphatic heterocycles. The first kappa shape index (κ1) is 22.1. The van der Waals surface area contributed by atoms with E-state index in [1.807, 2.05) is 18.2 Å². The van der Waals surface area contributed by atoms with Crippen molar-refractivity contribution in [1.82, 2.24) is 4.90 Å². The molecule has 1 saturated heterocycles. The zero-order chi connectivity index (χ0) is 18.9. The molecule has 27 heavy (non-hydrogen) atoms. The van der Waals surface area contributed by atoms with Crippen molar-refractivity contribution in [1.29, 1.82) is 0 Å². The van der Waals surface area contributed by atoms with Crippen LogP contribution in [0.25, 0.3) is 0 Å². The molecule has 1 aromatic rings. The van der Waals surface area contributed by atoms with Gasteiger partial charge in [-0.05, 0) is 30.5 Å². The molecule has 152 valence electrons. The maximum atomic E-state index is 11.6. The molecule has 1 heterocycles. The van der Waals surface area contributed by atoms with Gasteiger partial charge in [-0.15, -0.1) is 12.4 Å². The van der Waals surface area contributed by atoms with Crippen LogP contribution in [0.15, 0.2) is 24.3 Å². The van der Waals surface area contributed by atoms with Gasteiger partial charge in [0, 0.05) is 50.4 Å². The second kappa shape index (κ2) is 8.47. The molecule has 8 heteroatoms. The van der Waals surface area contributed by atoms with Gasteiger partial charge in [-0.3, -0.25) is 4.79 Å². The maximum absolute atomic E-state index is 11.6. The Morgan fingerprint density at radius 3 is 2.44 bits per heavy atom. The Labute approximate surface area is 167 Å². The van der Waals surface area contributed by atoms with Crippen molar-refractivity contribution in [2.24, 2.45) is 17.6 Å². The van der Waals surface area contributed by atoms with E-state index in [-0.39, 0.29) is 30.0 Å². The van der Waals surface area contributed by atoms with E-state index in [0.717, 1.165) is 37.9 Å². The van der Waals surface area contributed by atoms with Crippen LogP contribution in [0.4, 0.5) is 0 Å². The van der Waals surface area contributed by atoms with Gasteiger partial charge in [-0.2, -0.15) is 0 Å². The van der Waals surface area contributed by atoms with Gasteiger partial charge in [-0.25, -0.2) is 8.42 Å². The van der Waals surface area contributed by atoms with Gasteiger partial charge in [0.15, 0.2) is 0 Å². The number of amides is 1. The lowest BCUT2D eigenvalue weighted by Gasteiger charge is -2.55. The van der Waals surface area contributed by atoms with Crippen molar-refractivity contribution in [3.63, 3.8) is 0 Å². The number of nitrogens with two attached hydrogens (primary N) is 1. The van der Waals surface area contributed by atoms with E-state index in [1.165, 1.54) is 6.26 Å². The molecule has 2 bridgehead atoms. The van der Waals surface area contributed by atoms with Crippen LogP contribution < -0.4 is 5.73 Å². The minimum Gasteiger partial charge on any atom is -0.373 e. The number of fused-ring (bicyclic) bond motifs is 2. The lowest BCUT2D eigenvalue weighted by molar-refractivity contribution is -0.168. The molecule has 2 N–H and O–H groups in total. The number of piperidine rings is 1. The molecule has 1 aromatic carbocycles. The summed E-state index contributed by atoms with van der Waals surface area (Å²) >= 11 is 0. The lowest BCUT2D eigenvalue weighted by atomic mass is 9.62. The SMILES string of the molecule is COC1(c2cccc(C(N)=O)c2)[C@@H]2CCC[C@H]1CN(CCS(C)(=O)=O)C2.Cl. The molecule has 2 aliphatic rings. The number of methoxy groups -OCH3 is 1. The van der Waals surface area contributed by atoms with E-state index in [0.29, 0.717) is 12.1 Å². The predicted octanol–water partition coefficient (Wildman–Crippen LogP) is 1.83. The molecule has 6 nitrogen and oxygen atoms in total. The number of halogens is 1. The Bertz CT molecular complexity index is 770. The van der Waals surface area contributed by atoms with E-state index in [9.17, 15) is 13.2 Å². The van der Waals surface area contributed by atoms with Crippen LogP contribution in [0.1, 0.15) is 35.2 Å². The Kier molecular flexibility index (Phi) is 6.95. The molecule has 0 aromatic heterocycles. The average molecular weight is 417 g/mol. The molecule has 1 aliphatic carbocycles. The number of rotatable bonds is 6. The third-order valence-corrected chi connectivity index (χ3v) is 6.91. The fraction of sp³-hybridized carbons (Fsp3) is 0.632. The van der Waals surface area contributed by atoms with Gasteiger partial charge in [0.05, 0.1) is 5.75 Å². The van der Waals surface area contributed by atoms with Crippen LogP contribution in [-0.2, 0) is 20.2 Å². The Hall–Kier alpha value is -1.15. The summed E-state index contributed by atoms with van der Waals surface area (Å²) in [6.45, 7) is 2.17. The van der Waals surface area contributed by atoms with Crippen LogP contribution in [-0.4, -0.2) is 58.0 Å². The minimum atomic E-state index is -2.97. The van der Waals surface area contributed by atoms with Gasteiger partial charge >= 0.3 is 0 Å². The zero-order valence-electron chi connectivity index (χ0n) is 15.9. The summed E-state index contributed by atoms with van der Waals surface area (Å²) in [5.74, 6) is 0.281. The molecule has 1 amide bonds. The highest BCUT2D eigenvalue weighted by atomic mass is 35.5. The molecule has 3 rings (SSSR count). The maximum Gasteiger partial charge on any atom is 0.248 e. The van der Waals surface area contributed by atoms with E-state index in [4.69, 9.17) is 10.5 Å². The molecule has 1 unspecified atom stereocenters. The van der Waals surface area contributed by atoms with Crippen molar-refractivity contribution in [3.8, 4) is 0 Å². The topological polar surface area (TPSA) is 89.7 Å². The second-order valence-corrected chi connectivity index (χ2v) is 9.92. The van der Waals surface area contributed by atoms with Gasteiger partial charge in [0.1, 0.15) is 15.4 Å². The number of hydrogen-bond donors (Lipinski definition) is 1. The summed E-state index contributed by atoms with van der Waals surface area (Å²) < 4.78 is 29.2. The van der Waals surface area contributed by atoms with Gasteiger partial charge in [0.25, 0.3) is 0 Å². The van der Waals surface area contributed by atoms with E-state index in [1.54, 1.807) is 13.2 Å². The molecule has 0 spiro atoms. The number of benzene rings is 1. The second-order valence-electron chi connectivity index (χ2n) is 7.66.